The fourth-order valence-corrected chi connectivity index (χ4v) is 2.18. The highest BCUT2D eigenvalue weighted by atomic mass is 16.5. The molecule has 1 aromatic rings. The number of hydrogen-bond acceptors (Lipinski definition) is 3. The highest BCUT2D eigenvalue weighted by Gasteiger charge is 2.21. The van der Waals surface area contributed by atoms with Crippen LogP contribution in [0.4, 0.5) is 0 Å². The van der Waals surface area contributed by atoms with Crippen LogP contribution < -0.4 is 4.74 Å². The third-order valence-electron chi connectivity index (χ3n) is 3.71. The molecule has 0 aromatic heterocycles. The second kappa shape index (κ2) is 5.29. The molecular formula is C15H22O3. The molecule has 3 heteroatoms. The van der Waals surface area contributed by atoms with Gasteiger partial charge < -0.3 is 14.9 Å². The van der Waals surface area contributed by atoms with Crippen molar-refractivity contribution in [3.63, 3.8) is 0 Å². The zero-order valence-electron chi connectivity index (χ0n) is 11.1. The fraction of sp³-hybridized carbons (Fsp3) is 0.600. The van der Waals surface area contributed by atoms with Crippen LogP contribution in [0.2, 0.25) is 0 Å². The van der Waals surface area contributed by atoms with Crippen molar-refractivity contribution in [3.05, 3.63) is 29.3 Å². The molecule has 2 rings (SSSR count). The summed E-state index contributed by atoms with van der Waals surface area (Å²) in [6.45, 7) is 3.97. The van der Waals surface area contributed by atoms with Crippen molar-refractivity contribution in [2.45, 2.75) is 51.2 Å². The monoisotopic (exact) mass is 250 g/mol. The molecule has 2 unspecified atom stereocenters. The summed E-state index contributed by atoms with van der Waals surface area (Å²) in [5, 5.41) is 19.9. The van der Waals surface area contributed by atoms with E-state index in [2.05, 4.69) is 0 Å². The van der Waals surface area contributed by atoms with Crippen molar-refractivity contribution in [1.29, 1.82) is 0 Å². The Balaban J connectivity index is 2.09. The average Bonchev–Trinajstić information content (AvgIpc) is 2.37. The predicted molar refractivity (Wildman–Crippen MR) is 70.7 cm³/mol. The molecule has 0 saturated heterocycles. The number of benzene rings is 1. The molecule has 3 nitrogen and oxygen atoms in total. The first kappa shape index (κ1) is 13.4. The Hall–Kier alpha value is -1.06. The van der Waals surface area contributed by atoms with Gasteiger partial charge in [0.25, 0.3) is 0 Å². The van der Waals surface area contributed by atoms with E-state index >= 15 is 0 Å². The van der Waals surface area contributed by atoms with Crippen LogP contribution in [0.3, 0.4) is 0 Å². The van der Waals surface area contributed by atoms with Crippen molar-refractivity contribution in [3.8, 4) is 5.75 Å². The maximum Gasteiger partial charge on any atom is 0.119 e. The Kier molecular flexibility index (Phi) is 3.93. The molecule has 1 aliphatic rings. The Bertz CT molecular complexity index is 412. The van der Waals surface area contributed by atoms with E-state index in [9.17, 15) is 10.2 Å². The van der Waals surface area contributed by atoms with E-state index in [1.807, 2.05) is 25.1 Å². The summed E-state index contributed by atoms with van der Waals surface area (Å²) >= 11 is 0. The van der Waals surface area contributed by atoms with Crippen LogP contribution in [0.5, 0.6) is 5.75 Å². The van der Waals surface area contributed by atoms with Gasteiger partial charge in [-0.15, -0.1) is 0 Å². The second-order valence-corrected chi connectivity index (χ2v) is 5.41. The lowest BCUT2D eigenvalue weighted by atomic mass is 9.89. The summed E-state index contributed by atoms with van der Waals surface area (Å²) in [4.78, 5) is 0. The zero-order chi connectivity index (χ0) is 13.2. The molecule has 1 aromatic carbocycles. The van der Waals surface area contributed by atoms with Gasteiger partial charge in [-0.1, -0.05) is 13.0 Å². The third kappa shape index (κ3) is 3.03. The number of fused-ring (bicyclic) bond motifs is 1. The maximum absolute atomic E-state index is 9.96. The molecule has 1 aliphatic carbocycles. The number of aliphatic hydroxyl groups excluding tert-OH is 1. The normalized spacial score (nSPS) is 22.1. The SMILES string of the molecule is CCC(C)(O)COc1ccc2c(c1)C(O)CCC2. The van der Waals surface area contributed by atoms with Gasteiger partial charge in [0.05, 0.1) is 11.7 Å². The van der Waals surface area contributed by atoms with E-state index in [1.165, 1.54) is 5.56 Å². The highest BCUT2D eigenvalue weighted by molar-refractivity contribution is 5.38. The Labute approximate surface area is 108 Å². The topological polar surface area (TPSA) is 49.7 Å². The summed E-state index contributed by atoms with van der Waals surface area (Å²) in [5.74, 6) is 0.725. The second-order valence-electron chi connectivity index (χ2n) is 5.41. The molecule has 0 fully saturated rings. The van der Waals surface area contributed by atoms with E-state index in [4.69, 9.17) is 4.74 Å². The molecule has 0 heterocycles. The van der Waals surface area contributed by atoms with E-state index < -0.39 is 5.60 Å². The number of hydrogen-bond donors (Lipinski definition) is 2. The lowest BCUT2D eigenvalue weighted by Gasteiger charge is -2.24. The summed E-state index contributed by atoms with van der Waals surface area (Å²) in [5.41, 5.74) is 1.40. The van der Waals surface area contributed by atoms with Gasteiger partial charge in [0, 0.05) is 0 Å². The number of aryl methyl sites for hydroxylation is 1. The summed E-state index contributed by atoms with van der Waals surface area (Å²) in [6.07, 6.45) is 3.17. The largest absolute Gasteiger partial charge is 0.491 e. The van der Waals surface area contributed by atoms with Crippen molar-refractivity contribution >= 4 is 0 Å². The van der Waals surface area contributed by atoms with E-state index in [-0.39, 0.29) is 12.7 Å². The fourth-order valence-electron chi connectivity index (χ4n) is 2.18. The van der Waals surface area contributed by atoms with Crippen LogP contribution in [0, 0.1) is 0 Å². The smallest absolute Gasteiger partial charge is 0.119 e. The standard InChI is InChI=1S/C15H22O3/c1-3-15(2,17)10-18-12-8-7-11-5-4-6-14(16)13(11)9-12/h7-9,14,16-17H,3-6,10H2,1-2H3. The van der Waals surface area contributed by atoms with Crippen LogP contribution in [0.25, 0.3) is 0 Å². The third-order valence-corrected chi connectivity index (χ3v) is 3.71. The van der Waals surface area contributed by atoms with Gasteiger partial charge in [0.15, 0.2) is 0 Å². The molecule has 0 bridgehead atoms. The van der Waals surface area contributed by atoms with Crippen molar-refractivity contribution in [2.24, 2.45) is 0 Å². The molecule has 2 N–H and O–H groups in total. The molecule has 0 aliphatic heterocycles. The minimum Gasteiger partial charge on any atom is -0.491 e. The number of ether oxygens (including phenoxy) is 1. The summed E-state index contributed by atoms with van der Waals surface area (Å²) in [7, 11) is 0. The summed E-state index contributed by atoms with van der Waals surface area (Å²) < 4.78 is 5.61. The molecule has 2 atom stereocenters. The van der Waals surface area contributed by atoms with Crippen molar-refractivity contribution in [2.75, 3.05) is 6.61 Å². The van der Waals surface area contributed by atoms with Gasteiger partial charge in [-0.3, -0.25) is 0 Å². The first-order valence-electron chi connectivity index (χ1n) is 6.68. The minimum absolute atomic E-state index is 0.276. The highest BCUT2D eigenvalue weighted by Crippen LogP contribution is 2.32. The van der Waals surface area contributed by atoms with Gasteiger partial charge in [-0.25, -0.2) is 0 Å². The lowest BCUT2D eigenvalue weighted by Crippen LogP contribution is -2.31. The first-order valence-corrected chi connectivity index (χ1v) is 6.68. The van der Waals surface area contributed by atoms with E-state index in [1.54, 1.807) is 6.92 Å². The summed E-state index contributed by atoms with van der Waals surface area (Å²) in [6, 6.07) is 5.85. The van der Waals surface area contributed by atoms with Crippen LogP contribution in [0.1, 0.15) is 50.3 Å². The first-order chi connectivity index (χ1) is 8.52. The molecule has 18 heavy (non-hydrogen) atoms. The van der Waals surface area contributed by atoms with E-state index in [0.717, 1.165) is 30.6 Å². The van der Waals surface area contributed by atoms with Gasteiger partial charge in [0.2, 0.25) is 0 Å². The van der Waals surface area contributed by atoms with Crippen molar-refractivity contribution in [1.82, 2.24) is 0 Å². The maximum atomic E-state index is 9.96. The molecule has 0 amide bonds. The zero-order valence-corrected chi connectivity index (χ0v) is 11.1. The van der Waals surface area contributed by atoms with Crippen LogP contribution in [0.15, 0.2) is 18.2 Å². The minimum atomic E-state index is -0.797. The Morgan fingerprint density at radius 3 is 2.94 bits per heavy atom. The van der Waals surface area contributed by atoms with Gasteiger partial charge in [0.1, 0.15) is 12.4 Å². The van der Waals surface area contributed by atoms with Gasteiger partial charge in [-0.05, 0) is 55.9 Å². The Morgan fingerprint density at radius 1 is 1.44 bits per heavy atom. The van der Waals surface area contributed by atoms with Crippen LogP contribution >= 0.6 is 0 Å². The molecular weight excluding hydrogens is 228 g/mol. The number of aliphatic hydroxyl groups is 2. The molecule has 0 saturated carbocycles. The van der Waals surface area contributed by atoms with Gasteiger partial charge in [-0.2, -0.15) is 0 Å². The van der Waals surface area contributed by atoms with E-state index in [0.29, 0.717) is 6.42 Å². The average molecular weight is 250 g/mol. The quantitative estimate of drug-likeness (QED) is 0.863. The molecule has 100 valence electrons. The predicted octanol–water partition coefficient (Wildman–Crippen LogP) is 2.60. The lowest BCUT2D eigenvalue weighted by molar-refractivity contribution is 0.00837. The van der Waals surface area contributed by atoms with Crippen LogP contribution in [-0.4, -0.2) is 22.4 Å². The van der Waals surface area contributed by atoms with Crippen molar-refractivity contribution < 1.29 is 14.9 Å². The van der Waals surface area contributed by atoms with Gasteiger partial charge >= 0.3 is 0 Å². The number of rotatable bonds is 4. The molecule has 0 radical (unpaired) electrons. The Morgan fingerprint density at radius 2 is 2.22 bits per heavy atom. The van der Waals surface area contributed by atoms with Crippen LogP contribution in [-0.2, 0) is 6.42 Å². The molecule has 0 spiro atoms.